The molecule has 2 aromatic rings. The van der Waals surface area contributed by atoms with Crippen molar-refractivity contribution in [1.82, 2.24) is 19.9 Å². The third-order valence-corrected chi connectivity index (χ3v) is 6.13. The number of aryl methyl sites for hydroxylation is 1. The smallest absolute Gasteiger partial charge is 0.223 e. The third kappa shape index (κ3) is 5.40. The van der Waals surface area contributed by atoms with Gasteiger partial charge in [0.15, 0.2) is 0 Å². The highest BCUT2D eigenvalue weighted by Crippen LogP contribution is 2.40. The van der Waals surface area contributed by atoms with Crippen LogP contribution in [0.25, 0.3) is 0 Å². The van der Waals surface area contributed by atoms with Gasteiger partial charge < -0.3 is 24.8 Å². The summed E-state index contributed by atoms with van der Waals surface area (Å²) in [6.07, 6.45) is 1.84. The molecule has 3 heterocycles. The molecule has 1 aliphatic heterocycles. The lowest BCUT2D eigenvalue weighted by molar-refractivity contribution is 0.111. The summed E-state index contributed by atoms with van der Waals surface area (Å²) in [6.45, 7) is 9.01. The van der Waals surface area contributed by atoms with E-state index in [-0.39, 0.29) is 11.9 Å². The number of nitrogens with two attached hydrogens (primary N) is 1. The fourth-order valence-corrected chi connectivity index (χ4v) is 4.55. The third-order valence-electron chi connectivity index (χ3n) is 5.84. The molecule has 0 saturated carbocycles. The van der Waals surface area contributed by atoms with Crippen LogP contribution in [0, 0.1) is 13.8 Å². The molecular weight excluding hydrogens is 432 g/mol. The summed E-state index contributed by atoms with van der Waals surface area (Å²) in [5, 5.41) is 0.407. The van der Waals surface area contributed by atoms with Crippen molar-refractivity contribution in [1.29, 1.82) is 0 Å². The van der Waals surface area contributed by atoms with Crippen LogP contribution in [0.5, 0.6) is 5.75 Å². The molecule has 1 atom stereocenters. The fraction of sp³-hybridized carbons (Fsp3) is 0.591. The van der Waals surface area contributed by atoms with Gasteiger partial charge in [-0.25, -0.2) is 4.98 Å². The normalized spacial score (nSPS) is 15.5. The highest BCUT2D eigenvalue weighted by Gasteiger charge is 2.35. The molecule has 0 bridgehead atoms. The zero-order valence-electron chi connectivity index (χ0n) is 19.5. The van der Waals surface area contributed by atoms with E-state index in [0.29, 0.717) is 24.9 Å². The summed E-state index contributed by atoms with van der Waals surface area (Å²) in [5.41, 5.74) is 9.84. The summed E-state index contributed by atoms with van der Waals surface area (Å²) in [7, 11) is 5.10. The van der Waals surface area contributed by atoms with E-state index in [2.05, 4.69) is 24.8 Å². The minimum atomic E-state index is 0.125. The van der Waals surface area contributed by atoms with Crippen LogP contribution in [0.2, 0.25) is 5.15 Å². The highest BCUT2D eigenvalue weighted by atomic mass is 35.5. The number of hydrogen-bond acceptors (Lipinski definition) is 9. The van der Waals surface area contributed by atoms with Crippen LogP contribution in [0.1, 0.15) is 28.3 Å². The van der Waals surface area contributed by atoms with Crippen LogP contribution in [-0.4, -0.2) is 80.6 Å². The van der Waals surface area contributed by atoms with Crippen molar-refractivity contribution in [3.63, 3.8) is 0 Å². The van der Waals surface area contributed by atoms with Crippen LogP contribution in [-0.2, 0) is 16.0 Å². The van der Waals surface area contributed by atoms with E-state index in [9.17, 15) is 0 Å². The van der Waals surface area contributed by atoms with Crippen molar-refractivity contribution in [2.75, 3.05) is 71.4 Å². The van der Waals surface area contributed by atoms with Gasteiger partial charge in [0.2, 0.25) is 5.95 Å². The maximum Gasteiger partial charge on any atom is 0.223 e. The van der Waals surface area contributed by atoms with Crippen LogP contribution in [0.3, 0.4) is 0 Å². The van der Waals surface area contributed by atoms with E-state index in [1.807, 2.05) is 20.0 Å². The molecular formula is C22H33ClN6O3. The number of halogens is 1. The largest absolute Gasteiger partial charge is 0.496 e. The molecule has 2 aromatic heterocycles. The quantitative estimate of drug-likeness (QED) is 0.502. The van der Waals surface area contributed by atoms with Crippen molar-refractivity contribution in [3.05, 3.63) is 33.7 Å². The molecule has 1 unspecified atom stereocenters. The Morgan fingerprint density at radius 2 is 1.84 bits per heavy atom. The van der Waals surface area contributed by atoms with Gasteiger partial charge in [0.1, 0.15) is 16.7 Å². The van der Waals surface area contributed by atoms with E-state index in [1.165, 1.54) is 0 Å². The molecule has 1 aliphatic rings. The Balaban J connectivity index is 1.89. The molecule has 0 radical (unpaired) electrons. The first-order chi connectivity index (χ1) is 15.4. The maximum absolute atomic E-state index is 6.57. The van der Waals surface area contributed by atoms with E-state index < -0.39 is 0 Å². The van der Waals surface area contributed by atoms with Gasteiger partial charge in [-0.15, -0.1) is 0 Å². The van der Waals surface area contributed by atoms with Crippen LogP contribution in [0.4, 0.5) is 11.8 Å². The summed E-state index contributed by atoms with van der Waals surface area (Å²) in [5.74, 6) is 1.92. The standard InChI is InChI=1S/C22H33ClN6O3/c1-14-10-25-17(15(2)19(14)32-5)13-29-12-16(11-28(6-8-30-3)7-9-31-4)18-20(23)26-22(24)27-21(18)29/h10,16H,6-9,11-13H2,1-5H3,(H2,24,26,27). The summed E-state index contributed by atoms with van der Waals surface area (Å²) in [4.78, 5) is 17.9. The zero-order chi connectivity index (χ0) is 23.3. The monoisotopic (exact) mass is 464 g/mol. The van der Waals surface area contributed by atoms with Crippen molar-refractivity contribution in [2.45, 2.75) is 26.3 Å². The number of methoxy groups -OCH3 is 3. The Bertz CT molecular complexity index is 921. The predicted octanol–water partition coefficient (Wildman–Crippen LogP) is 2.43. The Kier molecular flexibility index (Phi) is 8.47. The molecule has 0 spiro atoms. The van der Waals surface area contributed by atoms with Gasteiger partial charge in [-0.3, -0.25) is 9.88 Å². The Labute approximate surface area is 194 Å². The second-order valence-corrected chi connectivity index (χ2v) is 8.38. The number of ether oxygens (including phenoxy) is 3. The molecule has 0 saturated heterocycles. The van der Waals surface area contributed by atoms with Crippen LogP contribution in [0.15, 0.2) is 6.20 Å². The first kappa shape index (κ1) is 24.4. The van der Waals surface area contributed by atoms with Gasteiger partial charge in [-0.1, -0.05) is 11.6 Å². The Morgan fingerprint density at radius 1 is 1.16 bits per heavy atom. The first-order valence-electron chi connectivity index (χ1n) is 10.7. The van der Waals surface area contributed by atoms with Crippen molar-refractivity contribution >= 4 is 23.4 Å². The molecule has 0 fully saturated rings. The first-order valence-corrected chi connectivity index (χ1v) is 11.0. The lowest BCUT2D eigenvalue weighted by Gasteiger charge is -2.26. The second-order valence-electron chi connectivity index (χ2n) is 8.02. The number of rotatable bonds is 11. The van der Waals surface area contributed by atoms with Crippen molar-refractivity contribution in [3.8, 4) is 5.75 Å². The van der Waals surface area contributed by atoms with Gasteiger partial charge in [0.25, 0.3) is 0 Å². The minimum absolute atomic E-state index is 0.125. The van der Waals surface area contributed by atoms with E-state index in [1.54, 1.807) is 21.3 Å². The van der Waals surface area contributed by atoms with Gasteiger partial charge in [0.05, 0.1) is 32.6 Å². The number of hydrogen-bond donors (Lipinski definition) is 1. The van der Waals surface area contributed by atoms with E-state index in [0.717, 1.165) is 60.1 Å². The Hall–Kier alpha value is -2.20. The SMILES string of the molecule is COCCN(CCOC)CC1CN(Cc2ncc(C)c(OC)c2C)c2nc(N)nc(Cl)c21. The molecule has 9 nitrogen and oxygen atoms in total. The molecule has 0 aliphatic carbocycles. The molecule has 0 amide bonds. The number of nitrogens with zero attached hydrogens (tertiary/aromatic N) is 5. The van der Waals surface area contributed by atoms with Gasteiger partial charge in [0, 0.05) is 69.2 Å². The summed E-state index contributed by atoms with van der Waals surface area (Å²) in [6, 6.07) is 0. The average Bonchev–Trinajstić information content (AvgIpc) is 3.09. The molecule has 176 valence electrons. The summed E-state index contributed by atoms with van der Waals surface area (Å²) < 4.78 is 16.2. The van der Waals surface area contributed by atoms with E-state index >= 15 is 0 Å². The molecule has 10 heteroatoms. The number of aromatic nitrogens is 3. The Morgan fingerprint density at radius 3 is 2.47 bits per heavy atom. The predicted molar refractivity (Wildman–Crippen MR) is 126 cm³/mol. The number of fused-ring (bicyclic) bond motifs is 1. The van der Waals surface area contributed by atoms with Crippen LogP contribution >= 0.6 is 11.6 Å². The molecule has 3 rings (SSSR count). The second kappa shape index (κ2) is 11.1. The maximum atomic E-state index is 6.57. The lowest BCUT2D eigenvalue weighted by Crippen LogP contribution is -2.36. The molecule has 0 aromatic carbocycles. The fourth-order valence-electron chi connectivity index (χ4n) is 4.23. The van der Waals surface area contributed by atoms with Gasteiger partial charge in [-0.2, -0.15) is 4.98 Å². The molecule has 2 N–H and O–H groups in total. The van der Waals surface area contributed by atoms with E-state index in [4.69, 9.17) is 31.5 Å². The topological polar surface area (TPSA) is 98.9 Å². The number of pyridine rings is 1. The minimum Gasteiger partial charge on any atom is -0.496 e. The lowest BCUT2D eigenvalue weighted by atomic mass is 10.0. The van der Waals surface area contributed by atoms with Gasteiger partial charge in [-0.05, 0) is 13.8 Å². The van der Waals surface area contributed by atoms with Gasteiger partial charge >= 0.3 is 0 Å². The number of nitrogen functional groups attached to an aromatic ring is 1. The highest BCUT2D eigenvalue weighted by molar-refractivity contribution is 6.30. The molecule has 32 heavy (non-hydrogen) atoms. The summed E-state index contributed by atoms with van der Waals surface area (Å²) >= 11 is 6.57. The zero-order valence-corrected chi connectivity index (χ0v) is 20.3. The number of anilines is 2. The van der Waals surface area contributed by atoms with Crippen LogP contribution < -0.4 is 15.4 Å². The average molecular weight is 465 g/mol. The van der Waals surface area contributed by atoms with Crippen molar-refractivity contribution < 1.29 is 14.2 Å². The van der Waals surface area contributed by atoms with Crippen molar-refractivity contribution in [2.24, 2.45) is 0 Å².